The summed E-state index contributed by atoms with van der Waals surface area (Å²) in [6, 6.07) is 16.5. The van der Waals surface area contributed by atoms with Gasteiger partial charge in [-0.3, -0.25) is 14.4 Å². The number of amides is 2. The van der Waals surface area contributed by atoms with Crippen molar-refractivity contribution in [2.75, 3.05) is 11.9 Å². The number of aliphatic carboxylic acids is 1. The molecule has 0 radical (unpaired) electrons. The fourth-order valence-electron chi connectivity index (χ4n) is 3.53. The number of carbonyl (C=O) groups excluding carboxylic acids is 2. The summed E-state index contributed by atoms with van der Waals surface area (Å²) in [6.45, 7) is 5.62. The third-order valence-electron chi connectivity index (χ3n) is 5.69. The normalized spacial score (nSPS) is 17.8. The lowest BCUT2D eigenvalue weighted by Gasteiger charge is -2.25. The zero-order valence-electron chi connectivity index (χ0n) is 16.9. The van der Waals surface area contributed by atoms with Gasteiger partial charge in [0.15, 0.2) is 0 Å². The second-order valence-electron chi connectivity index (χ2n) is 8.03. The summed E-state index contributed by atoms with van der Waals surface area (Å²) in [4.78, 5) is 38.3. The van der Waals surface area contributed by atoms with Gasteiger partial charge in [-0.15, -0.1) is 0 Å². The Morgan fingerprint density at radius 2 is 1.72 bits per heavy atom. The number of anilines is 1. The predicted molar refractivity (Wildman–Crippen MR) is 110 cm³/mol. The summed E-state index contributed by atoms with van der Waals surface area (Å²) in [5, 5.41) is 12.2. The fraction of sp³-hybridized carbons (Fsp3) is 0.348. The van der Waals surface area contributed by atoms with E-state index in [1.54, 1.807) is 43.0 Å². The Morgan fingerprint density at radius 1 is 1.10 bits per heavy atom. The first kappa shape index (κ1) is 20.6. The molecule has 2 unspecified atom stereocenters. The molecule has 3 rings (SSSR count). The van der Waals surface area contributed by atoms with E-state index in [1.807, 2.05) is 37.3 Å². The van der Waals surface area contributed by atoms with Gasteiger partial charge in [-0.05, 0) is 44.0 Å². The van der Waals surface area contributed by atoms with Gasteiger partial charge in [0.2, 0.25) is 11.8 Å². The summed E-state index contributed by atoms with van der Waals surface area (Å²) in [5.74, 6) is -1.55. The molecule has 2 aromatic carbocycles. The first-order chi connectivity index (χ1) is 13.7. The number of nitrogens with zero attached hydrogens (tertiary/aromatic N) is 1. The Hall–Kier alpha value is -3.15. The average molecular weight is 394 g/mol. The van der Waals surface area contributed by atoms with Crippen molar-refractivity contribution in [3.8, 4) is 0 Å². The van der Waals surface area contributed by atoms with Gasteiger partial charge in [0, 0.05) is 18.7 Å². The van der Waals surface area contributed by atoms with Crippen LogP contribution in [0.3, 0.4) is 0 Å². The van der Waals surface area contributed by atoms with Crippen LogP contribution in [0.2, 0.25) is 0 Å². The van der Waals surface area contributed by atoms with Gasteiger partial charge in [0.05, 0.1) is 17.4 Å². The summed E-state index contributed by atoms with van der Waals surface area (Å²) >= 11 is 0. The standard InChI is InChI=1S/C23H26N2O4/c1-15(16-7-5-4-6-8-16)25-14-17(13-20(25)26)21(27)24-19-11-9-18(10-12-19)23(2,3)22(28)29/h4-12,15,17H,13-14H2,1-3H3,(H,24,27)(H,28,29). The number of carboxylic acid groups (broad SMARTS) is 1. The second-order valence-corrected chi connectivity index (χ2v) is 8.03. The van der Waals surface area contributed by atoms with E-state index in [4.69, 9.17) is 0 Å². The van der Waals surface area contributed by atoms with Crippen LogP contribution in [0.5, 0.6) is 0 Å². The van der Waals surface area contributed by atoms with Gasteiger partial charge in [-0.2, -0.15) is 0 Å². The van der Waals surface area contributed by atoms with Crippen molar-refractivity contribution >= 4 is 23.5 Å². The van der Waals surface area contributed by atoms with Gasteiger partial charge in [-0.1, -0.05) is 42.5 Å². The highest BCUT2D eigenvalue weighted by Gasteiger charge is 2.37. The highest BCUT2D eigenvalue weighted by molar-refractivity contribution is 5.97. The molecule has 0 bridgehead atoms. The molecule has 1 heterocycles. The Balaban J connectivity index is 1.64. The van der Waals surface area contributed by atoms with Crippen molar-refractivity contribution in [1.29, 1.82) is 0 Å². The van der Waals surface area contributed by atoms with Crippen LogP contribution in [0.25, 0.3) is 0 Å². The molecule has 2 atom stereocenters. The Labute approximate surface area is 170 Å². The zero-order chi connectivity index (χ0) is 21.2. The molecule has 29 heavy (non-hydrogen) atoms. The quantitative estimate of drug-likeness (QED) is 0.784. The van der Waals surface area contributed by atoms with E-state index in [0.717, 1.165) is 5.56 Å². The topological polar surface area (TPSA) is 86.7 Å². The number of hydrogen-bond donors (Lipinski definition) is 2. The van der Waals surface area contributed by atoms with E-state index in [-0.39, 0.29) is 24.3 Å². The Morgan fingerprint density at radius 3 is 2.31 bits per heavy atom. The minimum absolute atomic E-state index is 0.0277. The third-order valence-corrected chi connectivity index (χ3v) is 5.69. The van der Waals surface area contributed by atoms with E-state index >= 15 is 0 Å². The molecule has 0 saturated carbocycles. The molecule has 2 N–H and O–H groups in total. The lowest BCUT2D eigenvalue weighted by molar-refractivity contribution is -0.142. The first-order valence-corrected chi connectivity index (χ1v) is 9.69. The molecule has 1 saturated heterocycles. The van der Waals surface area contributed by atoms with Crippen LogP contribution in [0, 0.1) is 5.92 Å². The molecule has 0 aliphatic carbocycles. The van der Waals surface area contributed by atoms with Crippen LogP contribution in [-0.2, 0) is 19.8 Å². The van der Waals surface area contributed by atoms with Gasteiger partial charge in [0.25, 0.3) is 0 Å². The van der Waals surface area contributed by atoms with Crippen molar-refractivity contribution in [2.45, 2.75) is 38.6 Å². The number of carboxylic acids is 1. The average Bonchev–Trinajstić information content (AvgIpc) is 3.10. The maximum atomic E-state index is 12.7. The van der Waals surface area contributed by atoms with Gasteiger partial charge < -0.3 is 15.3 Å². The summed E-state index contributed by atoms with van der Waals surface area (Å²) in [6.07, 6.45) is 0.188. The van der Waals surface area contributed by atoms with E-state index in [2.05, 4.69) is 5.32 Å². The fourth-order valence-corrected chi connectivity index (χ4v) is 3.53. The van der Waals surface area contributed by atoms with Crippen molar-refractivity contribution in [1.82, 2.24) is 4.90 Å². The lowest BCUT2D eigenvalue weighted by atomic mass is 9.85. The first-order valence-electron chi connectivity index (χ1n) is 9.69. The van der Waals surface area contributed by atoms with Crippen molar-refractivity contribution in [3.63, 3.8) is 0 Å². The smallest absolute Gasteiger partial charge is 0.313 e. The minimum atomic E-state index is -1.01. The molecule has 1 fully saturated rings. The maximum absolute atomic E-state index is 12.7. The minimum Gasteiger partial charge on any atom is -0.481 e. The number of likely N-dealkylation sites (tertiary alicyclic amines) is 1. The molecule has 0 aromatic heterocycles. The van der Waals surface area contributed by atoms with Gasteiger partial charge in [-0.25, -0.2) is 0 Å². The van der Waals surface area contributed by atoms with E-state index in [0.29, 0.717) is 17.8 Å². The summed E-state index contributed by atoms with van der Waals surface area (Å²) in [7, 11) is 0. The molecule has 1 aliphatic rings. The largest absolute Gasteiger partial charge is 0.481 e. The van der Waals surface area contributed by atoms with Crippen LogP contribution in [0.15, 0.2) is 54.6 Å². The third kappa shape index (κ3) is 4.31. The summed E-state index contributed by atoms with van der Waals surface area (Å²) < 4.78 is 0. The van der Waals surface area contributed by atoms with Gasteiger partial charge in [0.1, 0.15) is 0 Å². The molecule has 2 amide bonds. The van der Waals surface area contributed by atoms with Crippen LogP contribution in [0.1, 0.15) is 44.4 Å². The lowest BCUT2D eigenvalue weighted by Crippen LogP contribution is -2.30. The maximum Gasteiger partial charge on any atom is 0.313 e. The SMILES string of the molecule is CC(c1ccccc1)N1CC(C(=O)Nc2ccc(C(C)(C)C(=O)O)cc2)CC1=O. The summed E-state index contributed by atoms with van der Waals surface area (Å²) in [5.41, 5.74) is 1.27. The van der Waals surface area contributed by atoms with Crippen LogP contribution >= 0.6 is 0 Å². The number of nitrogens with one attached hydrogen (secondary N) is 1. The highest BCUT2D eigenvalue weighted by atomic mass is 16.4. The molecule has 2 aromatic rings. The van der Waals surface area contributed by atoms with E-state index in [1.165, 1.54) is 0 Å². The Kier molecular flexibility index (Phi) is 5.73. The van der Waals surface area contributed by atoms with E-state index < -0.39 is 17.3 Å². The molecular weight excluding hydrogens is 368 g/mol. The molecular formula is C23H26N2O4. The monoisotopic (exact) mass is 394 g/mol. The predicted octanol–water partition coefficient (Wildman–Crippen LogP) is 3.60. The van der Waals surface area contributed by atoms with Crippen molar-refractivity contribution in [2.24, 2.45) is 5.92 Å². The Bertz CT molecular complexity index is 906. The molecule has 6 nitrogen and oxygen atoms in total. The second kappa shape index (κ2) is 8.07. The number of hydrogen-bond acceptors (Lipinski definition) is 3. The number of carbonyl (C=O) groups is 3. The number of benzene rings is 2. The van der Waals surface area contributed by atoms with Crippen LogP contribution in [0.4, 0.5) is 5.69 Å². The highest BCUT2D eigenvalue weighted by Crippen LogP contribution is 2.29. The van der Waals surface area contributed by atoms with Crippen LogP contribution < -0.4 is 5.32 Å². The molecule has 0 spiro atoms. The molecule has 1 aliphatic heterocycles. The van der Waals surface area contributed by atoms with Crippen molar-refractivity contribution < 1.29 is 19.5 Å². The van der Waals surface area contributed by atoms with Crippen LogP contribution in [-0.4, -0.2) is 34.3 Å². The van der Waals surface area contributed by atoms with Crippen molar-refractivity contribution in [3.05, 3.63) is 65.7 Å². The molecule has 152 valence electrons. The van der Waals surface area contributed by atoms with Gasteiger partial charge >= 0.3 is 5.97 Å². The number of rotatable bonds is 6. The zero-order valence-corrected chi connectivity index (χ0v) is 16.9. The van der Waals surface area contributed by atoms with E-state index in [9.17, 15) is 19.5 Å². The molecule has 6 heteroatoms.